The summed E-state index contributed by atoms with van der Waals surface area (Å²) in [6.07, 6.45) is 0.867. The number of halogens is 1. The number of hydrogen-bond acceptors (Lipinski definition) is 2. The Labute approximate surface area is 136 Å². The van der Waals surface area contributed by atoms with Gasteiger partial charge in [-0.2, -0.15) is 0 Å². The van der Waals surface area contributed by atoms with Gasteiger partial charge in [0.15, 0.2) is 0 Å². The maximum atomic E-state index is 12.6. The van der Waals surface area contributed by atoms with Gasteiger partial charge in [0.05, 0.1) is 5.75 Å². The van der Waals surface area contributed by atoms with Gasteiger partial charge in [-0.25, -0.2) is 12.7 Å². The Hall–Kier alpha value is -1.36. The van der Waals surface area contributed by atoms with Gasteiger partial charge in [0.1, 0.15) is 0 Å². The highest BCUT2D eigenvalue weighted by Gasteiger charge is 2.32. The van der Waals surface area contributed by atoms with Crippen LogP contribution < -0.4 is 0 Å². The second-order valence-corrected chi connectivity index (χ2v) is 7.98. The first-order valence-corrected chi connectivity index (χ1v) is 9.31. The summed E-state index contributed by atoms with van der Waals surface area (Å²) < 4.78 is 26.8. The molecule has 0 N–H and O–H groups in total. The summed E-state index contributed by atoms with van der Waals surface area (Å²) in [6, 6.07) is 17.2. The highest BCUT2D eigenvalue weighted by molar-refractivity contribution is 7.88. The largest absolute Gasteiger partial charge is 0.218 e. The highest BCUT2D eigenvalue weighted by Crippen LogP contribution is 2.30. The third kappa shape index (κ3) is 3.35. The van der Waals surface area contributed by atoms with Crippen molar-refractivity contribution in [3.8, 4) is 0 Å². The predicted octanol–water partition coefficient (Wildman–Crippen LogP) is 3.66. The lowest BCUT2D eigenvalue weighted by molar-refractivity contribution is 0.472. The van der Waals surface area contributed by atoms with E-state index in [2.05, 4.69) is 12.1 Å². The summed E-state index contributed by atoms with van der Waals surface area (Å²) in [4.78, 5) is 0. The van der Waals surface area contributed by atoms with Crippen LogP contribution in [-0.2, 0) is 15.8 Å². The lowest BCUT2D eigenvalue weighted by Gasteiger charge is -2.17. The van der Waals surface area contributed by atoms with E-state index in [1.807, 2.05) is 24.3 Å². The molecule has 1 atom stereocenters. The van der Waals surface area contributed by atoms with E-state index in [4.69, 9.17) is 11.6 Å². The number of sulfonamides is 1. The van der Waals surface area contributed by atoms with E-state index in [1.165, 1.54) is 5.56 Å². The second kappa shape index (κ2) is 6.41. The van der Waals surface area contributed by atoms with Crippen LogP contribution in [0.2, 0.25) is 5.02 Å². The molecule has 2 aromatic carbocycles. The van der Waals surface area contributed by atoms with Crippen LogP contribution in [0, 0.1) is 0 Å². The predicted molar refractivity (Wildman–Crippen MR) is 89.4 cm³/mol. The van der Waals surface area contributed by atoms with Gasteiger partial charge < -0.3 is 0 Å². The van der Waals surface area contributed by atoms with Gasteiger partial charge in [0.25, 0.3) is 0 Å². The van der Waals surface area contributed by atoms with E-state index in [0.717, 1.165) is 6.42 Å². The normalized spacial score (nSPS) is 19.4. The minimum absolute atomic E-state index is 0.0335. The average Bonchev–Trinajstić information content (AvgIpc) is 3.01. The van der Waals surface area contributed by atoms with Crippen molar-refractivity contribution < 1.29 is 8.42 Å². The Bertz CT molecular complexity index is 746. The van der Waals surface area contributed by atoms with Crippen LogP contribution in [0.15, 0.2) is 54.6 Å². The Morgan fingerprint density at radius 2 is 1.73 bits per heavy atom. The Morgan fingerprint density at radius 3 is 2.45 bits per heavy atom. The van der Waals surface area contributed by atoms with E-state index in [1.54, 1.807) is 22.5 Å². The second-order valence-electron chi connectivity index (χ2n) is 5.60. The first-order chi connectivity index (χ1) is 10.6. The number of nitrogens with zero attached hydrogens (tertiary/aromatic N) is 1. The molecule has 0 bridgehead atoms. The molecule has 0 saturated carbocycles. The summed E-state index contributed by atoms with van der Waals surface area (Å²) in [6.45, 7) is 1.13. The number of benzene rings is 2. The van der Waals surface area contributed by atoms with Gasteiger partial charge in [-0.05, 0) is 29.5 Å². The molecule has 1 aliphatic rings. The zero-order valence-corrected chi connectivity index (χ0v) is 13.7. The molecule has 0 aliphatic carbocycles. The fraction of sp³-hybridized carbons (Fsp3) is 0.294. The molecule has 3 rings (SSSR count). The molecule has 116 valence electrons. The summed E-state index contributed by atoms with van der Waals surface area (Å²) >= 11 is 6.08. The van der Waals surface area contributed by atoms with Gasteiger partial charge in [0.2, 0.25) is 10.0 Å². The first-order valence-electron chi connectivity index (χ1n) is 7.32. The van der Waals surface area contributed by atoms with Gasteiger partial charge in [0, 0.05) is 18.1 Å². The highest BCUT2D eigenvalue weighted by atomic mass is 35.5. The Balaban J connectivity index is 1.73. The zero-order chi connectivity index (χ0) is 15.6. The van der Waals surface area contributed by atoms with Gasteiger partial charge >= 0.3 is 0 Å². The van der Waals surface area contributed by atoms with Crippen molar-refractivity contribution in [3.63, 3.8) is 0 Å². The van der Waals surface area contributed by atoms with Crippen molar-refractivity contribution >= 4 is 21.6 Å². The van der Waals surface area contributed by atoms with Crippen molar-refractivity contribution in [2.24, 2.45) is 0 Å². The molecule has 0 amide bonds. The molecule has 0 spiro atoms. The Kier molecular flexibility index (Phi) is 4.52. The topological polar surface area (TPSA) is 37.4 Å². The molecule has 0 aromatic heterocycles. The zero-order valence-electron chi connectivity index (χ0n) is 12.2. The molecule has 1 aliphatic heterocycles. The first kappa shape index (κ1) is 15.5. The molecule has 1 unspecified atom stereocenters. The van der Waals surface area contributed by atoms with Crippen molar-refractivity contribution in [1.82, 2.24) is 4.31 Å². The summed E-state index contributed by atoms with van der Waals surface area (Å²) in [5, 5.41) is 0.505. The fourth-order valence-corrected chi connectivity index (χ4v) is 4.78. The van der Waals surface area contributed by atoms with Crippen LogP contribution in [0.4, 0.5) is 0 Å². The van der Waals surface area contributed by atoms with Crippen LogP contribution in [0.5, 0.6) is 0 Å². The van der Waals surface area contributed by atoms with E-state index in [0.29, 0.717) is 23.7 Å². The molecular formula is C17H18ClNO2S. The van der Waals surface area contributed by atoms with Crippen LogP contribution in [0.3, 0.4) is 0 Å². The molecule has 3 nitrogen and oxygen atoms in total. The van der Waals surface area contributed by atoms with Crippen molar-refractivity contribution in [1.29, 1.82) is 0 Å². The molecule has 0 radical (unpaired) electrons. The van der Waals surface area contributed by atoms with Crippen molar-refractivity contribution in [2.45, 2.75) is 18.1 Å². The minimum Gasteiger partial charge on any atom is -0.212 e. The standard InChI is InChI=1S/C17H18ClNO2S/c18-17-9-5-4-8-16(17)13-22(20,21)19-11-10-15(12-19)14-6-2-1-3-7-14/h1-9,15H,10-13H2. The quantitative estimate of drug-likeness (QED) is 0.855. The lowest BCUT2D eigenvalue weighted by Crippen LogP contribution is -2.29. The van der Waals surface area contributed by atoms with Crippen LogP contribution in [0.25, 0.3) is 0 Å². The van der Waals surface area contributed by atoms with Gasteiger partial charge in [-0.15, -0.1) is 0 Å². The van der Waals surface area contributed by atoms with Gasteiger partial charge in [-0.1, -0.05) is 60.1 Å². The van der Waals surface area contributed by atoms with E-state index >= 15 is 0 Å². The third-order valence-corrected chi connectivity index (χ3v) is 6.27. The number of hydrogen-bond donors (Lipinski definition) is 0. The van der Waals surface area contributed by atoms with Crippen LogP contribution in [-0.4, -0.2) is 25.8 Å². The van der Waals surface area contributed by atoms with Crippen LogP contribution in [0.1, 0.15) is 23.5 Å². The molecule has 1 heterocycles. The third-order valence-electron chi connectivity index (χ3n) is 4.11. The van der Waals surface area contributed by atoms with Crippen LogP contribution >= 0.6 is 11.6 Å². The van der Waals surface area contributed by atoms with E-state index < -0.39 is 10.0 Å². The van der Waals surface area contributed by atoms with Crippen molar-refractivity contribution in [3.05, 3.63) is 70.7 Å². The SMILES string of the molecule is O=S(=O)(Cc1ccccc1Cl)N1CCC(c2ccccc2)C1. The maximum absolute atomic E-state index is 12.6. The summed E-state index contributed by atoms with van der Waals surface area (Å²) in [7, 11) is -3.33. The molecule has 5 heteroatoms. The molecule has 1 saturated heterocycles. The molecular weight excluding hydrogens is 318 g/mol. The van der Waals surface area contributed by atoms with Crippen molar-refractivity contribution in [2.75, 3.05) is 13.1 Å². The molecule has 1 fully saturated rings. The maximum Gasteiger partial charge on any atom is 0.218 e. The average molecular weight is 336 g/mol. The van der Waals surface area contributed by atoms with E-state index in [9.17, 15) is 8.42 Å². The monoisotopic (exact) mass is 335 g/mol. The Morgan fingerprint density at radius 1 is 1.05 bits per heavy atom. The van der Waals surface area contributed by atoms with E-state index in [-0.39, 0.29) is 11.7 Å². The fourth-order valence-electron chi connectivity index (χ4n) is 2.88. The summed E-state index contributed by atoms with van der Waals surface area (Å²) in [5.74, 6) is 0.246. The molecule has 22 heavy (non-hydrogen) atoms. The molecule has 2 aromatic rings. The summed E-state index contributed by atoms with van der Waals surface area (Å²) in [5.41, 5.74) is 1.87. The van der Waals surface area contributed by atoms with Gasteiger partial charge in [-0.3, -0.25) is 0 Å². The smallest absolute Gasteiger partial charge is 0.212 e. The minimum atomic E-state index is -3.33. The number of rotatable bonds is 4. The lowest BCUT2D eigenvalue weighted by atomic mass is 9.99.